The molecule has 0 N–H and O–H groups in total. The van der Waals surface area contributed by atoms with Gasteiger partial charge < -0.3 is 9.47 Å². The van der Waals surface area contributed by atoms with Crippen molar-refractivity contribution < 1.29 is 28.8 Å². The number of rotatable bonds is 4. The summed E-state index contributed by atoms with van der Waals surface area (Å²) in [5.74, 6) is -4.54. The molecule has 30 heavy (non-hydrogen) atoms. The van der Waals surface area contributed by atoms with Gasteiger partial charge in [-0.1, -0.05) is 19.1 Å². The number of nitro groups is 1. The second-order valence-corrected chi connectivity index (χ2v) is 7.48. The molecule has 1 fully saturated rings. The van der Waals surface area contributed by atoms with Crippen LogP contribution in [0, 0.1) is 27.9 Å². The molecule has 1 aromatic carbocycles. The van der Waals surface area contributed by atoms with Crippen molar-refractivity contribution in [3.63, 3.8) is 0 Å². The maximum Gasteiger partial charge on any atom is 0.336 e. The number of Topliss-reactive ketones (excluding diaryl/α,β-unsaturated/α-hetero) is 1. The zero-order valence-electron chi connectivity index (χ0n) is 17.1. The topological polar surface area (TPSA) is 125 Å². The molecule has 1 saturated carbocycles. The minimum Gasteiger partial charge on any atom is -0.468 e. The van der Waals surface area contributed by atoms with Crippen molar-refractivity contribution >= 4 is 29.1 Å². The number of nitro benzene ring substituents is 1. The number of nitrogens with zero attached hydrogens (tertiary/aromatic N) is 2. The summed E-state index contributed by atoms with van der Waals surface area (Å²) in [5.41, 5.74) is 1.63. The number of methoxy groups -OCH3 is 2. The monoisotopic (exact) mass is 414 g/mol. The number of esters is 2. The first-order chi connectivity index (χ1) is 14.2. The molecule has 9 heteroatoms. The number of allylic oxidation sites excluding steroid dienone is 1. The SMILES string of the molecule is COC(=O)C1=C(C)N=C2C[C@H](C)[C@@H](C(=O)OC)C(=O)C2[C@H]1c1ccc([N+](=O)[O-])cc1. The summed E-state index contributed by atoms with van der Waals surface area (Å²) < 4.78 is 9.76. The Labute approximate surface area is 172 Å². The molecule has 0 radical (unpaired) electrons. The van der Waals surface area contributed by atoms with Gasteiger partial charge in [-0.25, -0.2) is 4.79 Å². The van der Waals surface area contributed by atoms with E-state index in [1.165, 1.54) is 38.5 Å². The molecule has 1 aliphatic heterocycles. The van der Waals surface area contributed by atoms with Gasteiger partial charge in [0.15, 0.2) is 5.78 Å². The van der Waals surface area contributed by atoms with Crippen LogP contribution in [0.5, 0.6) is 0 Å². The van der Waals surface area contributed by atoms with Crippen molar-refractivity contribution in [1.29, 1.82) is 0 Å². The zero-order valence-corrected chi connectivity index (χ0v) is 17.1. The molecule has 158 valence electrons. The smallest absolute Gasteiger partial charge is 0.336 e. The van der Waals surface area contributed by atoms with Gasteiger partial charge in [0.1, 0.15) is 5.92 Å². The van der Waals surface area contributed by atoms with Crippen molar-refractivity contribution in [1.82, 2.24) is 0 Å². The fraction of sp³-hybridized carbons (Fsp3) is 0.429. The molecule has 0 bridgehead atoms. The van der Waals surface area contributed by atoms with Crippen molar-refractivity contribution in [2.45, 2.75) is 26.2 Å². The molecule has 0 spiro atoms. The number of benzene rings is 1. The van der Waals surface area contributed by atoms with E-state index in [0.29, 0.717) is 23.4 Å². The Morgan fingerprint density at radius 3 is 2.30 bits per heavy atom. The maximum absolute atomic E-state index is 13.4. The Balaban J connectivity index is 2.17. The van der Waals surface area contributed by atoms with Crippen LogP contribution in [0.1, 0.15) is 31.7 Å². The number of hydrogen-bond donors (Lipinski definition) is 0. The van der Waals surface area contributed by atoms with Crippen LogP contribution < -0.4 is 0 Å². The van der Waals surface area contributed by atoms with Crippen LogP contribution in [-0.2, 0) is 23.9 Å². The molecule has 0 aromatic heterocycles. The van der Waals surface area contributed by atoms with Gasteiger partial charge in [0.05, 0.1) is 30.6 Å². The lowest BCUT2D eigenvalue weighted by molar-refractivity contribution is -0.384. The molecule has 0 amide bonds. The van der Waals surface area contributed by atoms with E-state index in [1.807, 2.05) is 0 Å². The fourth-order valence-corrected chi connectivity index (χ4v) is 4.37. The van der Waals surface area contributed by atoms with Crippen LogP contribution in [0.2, 0.25) is 0 Å². The van der Waals surface area contributed by atoms with E-state index < -0.39 is 34.6 Å². The summed E-state index contributed by atoms with van der Waals surface area (Å²) in [5, 5.41) is 11.0. The van der Waals surface area contributed by atoms with Crippen LogP contribution in [0.25, 0.3) is 0 Å². The largest absolute Gasteiger partial charge is 0.468 e. The molecule has 4 atom stereocenters. The standard InChI is InChI=1S/C21H22N2O7/c1-10-9-14-18(19(24)15(10)20(25)29-3)17(16(11(2)22-14)21(26)30-4)12-5-7-13(8-6-12)23(27)28/h5-8,10,15,17-18H,9H2,1-4H3/t10-,15+,17-,18?/m0/s1. The Kier molecular flexibility index (Phi) is 5.82. The molecule has 1 aromatic rings. The second-order valence-electron chi connectivity index (χ2n) is 7.48. The lowest BCUT2D eigenvalue weighted by atomic mass is 9.64. The summed E-state index contributed by atoms with van der Waals surface area (Å²) in [6.45, 7) is 3.45. The fourth-order valence-electron chi connectivity index (χ4n) is 4.37. The average Bonchev–Trinajstić information content (AvgIpc) is 2.72. The highest BCUT2D eigenvalue weighted by Crippen LogP contribution is 2.46. The molecular formula is C21H22N2O7. The van der Waals surface area contributed by atoms with Gasteiger partial charge >= 0.3 is 11.9 Å². The van der Waals surface area contributed by atoms with Gasteiger partial charge in [0.25, 0.3) is 5.69 Å². The van der Waals surface area contributed by atoms with Gasteiger partial charge in [-0.2, -0.15) is 0 Å². The van der Waals surface area contributed by atoms with Crippen LogP contribution >= 0.6 is 0 Å². The summed E-state index contributed by atoms with van der Waals surface area (Å²) in [4.78, 5) is 53.3. The highest BCUT2D eigenvalue weighted by atomic mass is 16.6. The molecule has 9 nitrogen and oxygen atoms in total. The number of non-ortho nitro benzene ring substituents is 1. The highest BCUT2D eigenvalue weighted by molar-refractivity contribution is 6.17. The molecule has 1 unspecified atom stereocenters. The normalized spacial score (nSPS) is 25.9. The first kappa shape index (κ1) is 21.4. The Hall–Kier alpha value is -3.36. The number of ketones is 1. The number of aliphatic imine (C=N–C) groups is 1. The molecule has 1 heterocycles. The van der Waals surface area contributed by atoms with E-state index >= 15 is 0 Å². The van der Waals surface area contributed by atoms with E-state index in [4.69, 9.17) is 9.47 Å². The number of ether oxygens (including phenoxy) is 2. The van der Waals surface area contributed by atoms with Gasteiger partial charge in [-0.3, -0.25) is 24.7 Å². The second kappa shape index (κ2) is 8.17. The average molecular weight is 414 g/mol. The van der Waals surface area contributed by atoms with Crippen molar-refractivity contribution in [3.05, 3.63) is 51.2 Å². The molecule has 3 rings (SSSR count). The Bertz CT molecular complexity index is 978. The number of carbonyl (C=O) groups is 3. The van der Waals surface area contributed by atoms with Gasteiger partial charge in [0.2, 0.25) is 0 Å². The van der Waals surface area contributed by atoms with Crippen molar-refractivity contribution in [2.24, 2.45) is 22.7 Å². The summed E-state index contributed by atoms with van der Waals surface area (Å²) in [6, 6.07) is 5.66. The first-order valence-corrected chi connectivity index (χ1v) is 9.43. The number of fused-ring (bicyclic) bond motifs is 1. The predicted molar refractivity (Wildman–Crippen MR) is 106 cm³/mol. The zero-order chi connectivity index (χ0) is 22.2. The molecular weight excluding hydrogens is 392 g/mol. The molecule has 2 aliphatic rings. The van der Waals surface area contributed by atoms with E-state index in [2.05, 4.69) is 4.99 Å². The summed E-state index contributed by atoms with van der Waals surface area (Å²) in [7, 11) is 2.46. The molecule has 1 aliphatic carbocycles. The quantitative estimate of drug-likeness (QED) is 0.321. The van der Waals surface area contributed by atoms with Crippen molar-refractivity contribution in [2.75, 3.05) is 14.2 Å². The van der Waals surface area contributed by atoms with Crippen molar-refractivity contribution in [3.8, 4) is 0 Å². The summed E-state index contributed by atoms with van der Waals surface area (Å²) >= 11 is 0. The number of carbonyl (C=O) groups excluding carboxylic acids is 3. The molecule has 0 saturated heterocycles. The third-order valence-electron chi connectivity index (χ3n) is 5.74. The predicted octanol–water partition coefficient (Wildman–Crippen LogP) is 2.59. The van der Waals surface area contributed by atoms with Crippen LogP contribution in [-0.4, -0.2) is 42.6 Å². The van der Waals surface area contributed by atoms with Crippen LogP contribution in [0.4, 0.5) is 5.69 Å². The number of hydrogen-bond acceptors (Lipinski definition) is 8. The van der Waals surface area contributed by atoms with E-state index in [1.54, 1.807) is 13.8 Å². The minimum absolute atomic E-state index is 0.111. The third-order valence-corrected chi connectivity index (χ3v) is 5.74. The highest BCUT2D eigenvalue weighted by Gasteiger charge is 2.51. The van der Waals surface area contributed by atoms with E-state index in [9.17, 15) is 24.5 Å². The summed E-state index contributed by atoms with van der Waals surface area (Å²) in [6.07, 6.45) is 0.394. The van der Waals surface area contributed by atoms with Gasteiger partial charge in [-0.15, -0.1) is 0 Å². The maximum atomic E-state index is 13.4. The van der Waals surface area contributed by atoms with E-state index in [-0.39, 0.29) is 23.0 Å². The third kappa shape index (κ3) is 3.51. The first-order valence-electron chi connectivity index (χ1n) is 9.43. The van der Waals surface area contributed by atoms with Gasteiger partial charge in [0, 0.05) is 29.5 Å². The Morgan fingerprint density at radius 2 is 1.77 bits per heavy atom. The van der Waals surface area contributed by atoms with Crippen LogP contribution in [0.15, 0.2) is 40.5 Å². The lowest BCUT2D eigenvalue weighted by Crippen LogP contribution is -2.48. The minimum atomic E-state index is -0.975. The van der Waals surface area contributed by atoms with Gasteiger partial charge in [-0.05, 0) is 24.8 Å². The Morgan fingerprint density at radius 1 is 1.13 bits per heavy atom. The van der Waals surface area contributed by atoms with E-state index in [0.717, 1.165) is 0 Å². The van der Waals surface area contributed by atoms with Crippen LogP contribution in [0.3, 0.4) is 0 Å². The lowest BCUT2D eigenvalue weighted by Gasteiger charge is -2.39.